The van der Waals surface area contributed by atoms with Gasteiger partial charge in [0, 0.05) is 6.42 Å². The molecule has 0 spiro atoms. The summed E-state index contributed by atoms with van der Waals surface area (Å²) in [6.07, 6.45) is -3.72. The maximum atomic E-state index is 11.9. The van der Waals surface area contributed by atoms with Crippen LogP contribution in [0.2, 0.25) is 0 Å². The Morgan fingerprint density at radius 3 is 2.47 bits per heavy atom. The van der Waals surface area contributed by atoms with Crippen LogP contribution < -0.4 is 5.73 Å². The van der Waals surface area contributed by atoms with Gasteiger partial charge in [-0.1, -0.05) is 11.8 Å². The topological polar surface area (TPSA) is 64.7 Å². The van der Waals surface area contributed by atoms with Gasteiger partial charge in [-0.2, -0.15) is 23.1 Å². The third-order valence-corrected chi connectivity index (χ3v) is 2.04. The van der Waals surface area contributed by atoms with Gasteiger partial charge in [0.05, 0.1) is 6.42 Å². The SMILES string of the molecule is CSc1nc(N)nc(CCC(F)(F)F)n1. The molecule has 1 heterocycles. The van der Waals surface area contributed by atoms with Gasteiger partial charge in [-0.05, 0) is 6.26 Å². The van der Waals surface area contributed by atoms with Crippen LogP contribution in [0.1, 0.15) is 12.2 Å². The molecule has 0 radical (unpaired) electrons. The number of alkyl halides is 3. The first kappa shape index (κ1) is 12.0. The second-order valence-electron chi connectivity index (χ2n) is 2.71. The fraction of sp³-hybridized carbons (Fsp3) is 0.571. The lowest BCUT2D eigenvalue weighted by Gasteiger charge is -2.05. The summed E-state index contributed by atoms with van der Waals surface area (Å²) in [7, 11) is 0. The molecular formula is C7H9F3N4S. The minimum Gasteiger partial charge on any atom is -0.368 e. The summed E-state index contributed by atoms with van der Waals surface area (Å²) in [5.41, 5.74) is 5.32. The van der Waals surface area contributed by atoms with Gasteiger partial charge in [0.2, 0.25) is 5.95 Å². The Morgan fingerprint density at radius 2 is 1.93 bits per heavy atom. The number of anilines is 1. The van der Waals surface area contributed by atoms with Crippen LogP contribution in [-0.2, 0) is 6.42 Å². The van der Waals surface area contributed by atoms with Crippen molar-refractivity contribution in [2.24, 2.45) is 0 Å². The average Bonchev–Trinajstić information content (AvgIpc) is 2.13. The fourth-order valence-corrected chi connectivity index (χ4v) is 1.25. The predicted molar refractivity (Wildman–Crippen MR) is 50.4 cm³/mol. The molecule has 0 aliphatic heterocycles. The van der Waals surface area contributed by atoms with Gasteiger partial charge < -0.3 is 5.73 Å². The van der Waals surface area contributed by atoms with Crippen LogP contribution in [0, 0.1) is 0 Å². The third-order valence-electron chi connectivity index (χ3n) is 1.49. The molecule has 0 saturated carbocycles. The van der Waals surface area contributed by atoms with E-state index in [2.05, 4.69) is 15.0 Å². The van der Waals surface area contributed by atoms with Crippen molar-refractivity contribution in [3.05, 3.63) is 5.82 Å². The summed E-state index contributed by atoms with van der Waals surface area (Å²) >= 11 is 1.21. The molecule has 0 bridgehead atoms. The number of thioether (sulfide) groups is 1. The highest BCUT2D eigenvalue weighted by atomic mass is 32.2. The molecule has 2 N–H and O–H groups in total. The summed E-state index contributed by atoms with van der Waals surface area (Å²) in [4.78, 5) is 11.2. The standard InChI is InChI=1S/C7H9F3N4S/c1-15-6-13-4(12-5(11)14-6)2-3-7(8,9)10/h2-3H2,1H3,(H2,11,12,13,14). The highest BCUT2D eigenvalue weighted by Gasteiger charge is 2.27. The lowest BCUT2D eigenvalue weighted by molar-refractivity contribution is -0.134. The van der Waals surface area contributed by atoms with E-state index in [0.717, 1.165) is 0 Å². The largest absolute Gasteiger partial charge is 0.389 e. The number of halogens is 3. The zero-order valence-corrected chi connectivity index (χ0v) is 8.69. The van der Waals surface area contributed by atoms with Crippen molar-refractivity contribution in [1.29, 1.82) is 0 Å². The Bertz CT molecular complexity index is 341. The molecule has 84 valence electrons. The molecule has 0 saturated heterocycles. The molecular weight excluding hydrogens is 229 g/mol. The zero-order chi connectivity index (χ0) is 11.5. The van der Waals surface area contributed by atoms with Gasteiger partial charge >= 0.3 is 6.18 Å². The van der Waals surface area contributed by atoms with E-state index in [9.17, 15) is 13.2 Å². The number of aromatic nitrogens is 3. The first-order valence-corrected chi connectivity index (χ1v) is 5.24. The normalized spacial score (nSPS) is 11.7. The van der Waals surface area contributed by atoms with E-state index in [1.807, 2.05) is 0 Å². The highest BCUT2D eigenvalue weighted by Crippen LogP contribution is 2.21. The molecule has 15 heavy (non-hydrogen) atoms. The molecule has 0 unspecified atom stereocenters. The highest BCUT2D eigenvalue weighted by molar-refractivity contribution is 7.98. The number of nitrogens with two attached hydrogens (primary N) is 1. The van der Waals surface area contributed by atoms with Crippen molar-refractivity contribution >= 4 is 17.7 Å². The fourth-order valence-electron chi connectivity index (χ4n) is 0.872. The lowest BCUT2D eigenvalue weighted by Crippen LogP contribution is -2.11. The molecule has 1 rings (SSSR count). The summed E-state index contributed by atoms with van der Waals surface area (Å²) in [5.74, 6) is 0.0238. The number of hydrogen-bond acceptors (Lipinski definition) is 5. The summed E-state index contributed by atoms with van der Waals surface area (Å²) in [6.45, 7) is 0. The summed E-state index contributed by atoms with van der Waals surface area (Å²) < 4.78 is 35.7. The minimum absolute atomic E-state index is 0.0495. The monoisotopic (exact) mass is 238 g/mol. The van der Waals surface area contributed by atoms with Crippen LogP contribution in [0.4, 0.5) is 19.1 Å². The van der Waals surface area contributed by atoms with E-state index in [-0.39, 0.29) is 18.2 Å². The first-order valence-electron chi connectivity index (χ1n) is 4.02. The molecule has 0 aliphatic rings. The van der Waals surface area contributed by atoms with Crippen LogP contribution in [0.3, 0.4) is 0 Å². The van der Waals surface area contributed by atoms with Gasteiger partial charge in [0.15, 0.2) is 5.16 Å². The average molecular weight is 238 g/mol. The predicted octanol–water partition coefficient (Wildman–Crippen LogP) is 1.67. The Morgan fingerprint density at radius 1 is 1.27 bits per heavy atom. The van der Waals surface area contributed by atoms with E-state index in [1.54, 1.807) is 6.26 Å². The molecule has 0 amide bonds. The smallest absolute Gasteiger partial charge is 0.368 e. The maximum absolute atomic E-state index is 11.9. The van der Waals surface area contributed by atoms with Crippen molar-refractivity contribution in [2.45, 2.75) is 24.2 Å². The van der Waals surface area contributed by atoms with Crippen LogP contribution in [0.25, 0.3) is 0 Å². The van der Waals surface area contributed by atoms with Crippen molar-refractivity contribution in [2.75, 3.05) is 12.0 Å². The van der Waals surface area contributed by atoms with Crippen molar-refractivity contribution in [1.82, 2.24) is 15.0 Å². The molecule has 8 heteroatoms. The van der Waals surface area contributed by atoms with Crippen LogP contribution in [-0.4, -0.2) is 27.4 Å². The van der Waals surface area contributed by atoms with E-state index >= 15 is 0 Å². The zero-order valence-electron chi connectivity index (χ0n) is 7.88. The van der Waals surface area contributed by atoms with Gasteiger partial charge in [0.25, 0.3) is 0 Å². The van der Waals surface area contributed by atoms with Crippen LogP contribution in [0.5, 0.6) is 0 Å². The molecule has 0 aromatic carbocycles. The molecule has 0 aliphatic carbocycles. The van der Waals surface area contributed by atoms with Crippen molar-refractivity contribution < 1.29 is 13.2 Å². The first-order chi connectivity index (χ1) is 6.90. The molecule has 1 aromatic heterocycles. The third kappa shape index (κ3) is 4.32. The number of nitrogens with zero attached hydrogens (tertiary/aromatic N) is 3. The second kappa shape index (κ2) is 4.65. The number of nitrogen functional groups attached to an aromatic ring is 1. The molecule has 0 fully saturated rings. The second-order valence-corrected chi connectivity index (χ2v) is 3.49. The van der Waals surface area contributed by atoms with Crippen LogP contribution >= 0.6 is 11.8 Å². The van der Waals surface area contributed by atoms with Crippen molar-refractivity contribution in [3.8, 4) is 0 Å². The van der Waals surface area contributed by atoms with Crippen molar-refractivity contribution in [3.63, 3.8) is 0 Å². The lowest BCUT2D eigenvalue weighted by atomic mass is 10.3. The maximum Gasteiger partial charge on any atom is 0.389 e. The van der Waals surface area contributed by atoms with Crippen LogP contribution in [0.15, 0.2) is 5.16 Å². The number of aryl methyl sites for hydroxylation is 1. The van der Waals surface area contributed by atoms with Gasteiger partial charge in [0.1, 0.15) is 5.82 Å². The van der Waals surface area contributed by atoms with Gasteiger partial charge in [-0.25, -0.2) is 4.98 Å². The minimum atomic E-state index is -4.21. The Labute approximate surface area is 88.5 Å². The molecule has 1 aromatic rings. The van der Waals surface area contributed by atoms with Gasteiger partial charge in [-0.3, -0.25) is 0 Å². The number of hydrogen-bond donors (Lipinski definition) is 1. The molecule has 0 atom stereocenters. The Hall–Kier alpha value is -1.05. The van der Waals surface area contributed by atoms with E-state index in [4.69, 9.17) is 5.73 Å². The Kier molecular flexibility index (Phi) is 3.72. The van der Waals surface area contributed by atoms with E-state index in [1.165, 1.54) is 11.8 Å². The van der Waals surface area contributed by atoms with Gasteiger partial charge in [-0.15, -0.1) is 0 Å². The summed E-state index contributed by atoms with van der Waals surface area (Å²) in [6, 6.07) is 0. The van der Waals surface area contributed by atoms with E-state index < -0.39 is 12.6 Å². The molecule has 4 nitrogen and oxygen atoms in total. The quantitative estimate of drug-likeness (QED) is 0.811. The van der Waals surface area contributed by atoms with E-state index in [0.29, 0.717) is 5.16 Å². The summed E-state index contributed by atoms with van der Waals surface area (Å²) in [5, 5.41) is 0.333. The Balaban J connectivity index is 2.73. The number of rotatable bonds is 3.